The highest BCUT2D eigenvalue weighted by molar-refractivity contribution is 5.98. The first-order valence-electron chi connectivity index (χ1n) is 7.16. The molecule has 3 aromatic carbocycles. The van der Waals surface area contributed by atoms with Crippen molar-refractivity contribution in [2.24, 2.45) is 5.41 Å². The van der Waals surface area contributed by atoms with Gasteiger partial charge in [0, 0.05) is 0 Å². The van der Waals surface area contributed by atoms with Crippen molar-refractivity contribution in [3.63, 3.8) is 0 Å². The normalized spacial score (nSPS) is 10.9. The molecular formula is C19H18O4. The predicted octanol–water partition coefficient (Wildman–Crippen LogP) is 4.17. The zero-order valence-corrected chi connectivity index (χ0v) is 13.0. The third-order valence-electron chi connectivity index (χ3n) is 3.68. The summed E-state index contributed by atoms with van der Waals surface area (Å²) in [5.74, 6) is -2.65. The first-order chi connectivity index (χ1) is 10.8. The predicted molar refractivity (Wildman–Crippen MR) is 90.5 cm³/mol. The van der Waals surface area contributed by atoms with Crippen molar-refractivity contribution in [2.75, 3.05) is 0 Å². The number of carboxylic acid groups (broad SMARTS) is 2. The summed E-state index contributed by atoms with van der Waals surface area (Å²) in [6, 6.07) is 21.4. The third kappa shape index (κ3) is 3.66. The van der Waals surface area contributed by atoms with Crippen molar-refractivity contribution in [1.82, 2.24) is 0 Å². The highest BCUT2D eigenvalue weighted by Crippen LogP contribution is 2.22. The first kappa shape index (κ1) is 16.5. The monoisotopic (exact) mass is 310 g/mol. The van der Waals surface area contributed by atoms with Gasteiger partial charge in [0.15, 0.2) is 5.41 Å². The number of fused-ring (bicyclic) bond motifs is 2. The summed E-state index contributed by atoms with van der Waals surface area (Å²) in [4.78, 5) is 20.2. The second-order valence-electron chi connectivity index (χ2n) is 5.78. The highest BCUT2D eigenvalue weighted by atomic mass is 16.4. The number of carbonyl (C=O) groups is 2. The van der Waals surface area contributed by atoms with Crippen molar-refractivity contribution in [1.29, 1.82) is 0 Å². The lowest BCUT2D eigenvalue weighted by molar-refractivity contribution is -0.161. The molecule has 3 rings (SSSR count). The Morgan fingerprint density at radius 1 is 0.696 bits per heavy atom. The average molecular weight is 310 g/mol. The Labute approximate surface area is 134 Å². The zero-order valence-electron chi connectivity index (χ0n) is 13.0. The number of hydrogen-bond donors (Lipinski definition) is 2. The molecular weight excluding hydrogens is 292 g/mol. The molecule has 4 nitrogen and oxygen atoms in total. The van der Waals surface area contributed by atoms with Crippen molar-refractivity contribution < 1.29 is 19.8 Å². The van der Waals surface area contributed by atoms with Gasteiger partial charge in [-0.1, -0.05) is 48.5 Å². The van der Waals surface area contributed by atoms with Gasteiger partial charge in [-0.2, -0.15) is 0 Å². The van der Waals surface area contributed by atoms with Crippen LogP contribution in [-0.4, -0.2) is 22.2 Å². The van der Waals surface area contributed by atoms with E-state index in [-0.39, 0.29) is 0 Å². The standard InChI is InChI=1S/C14H10.C5H8O4/c1-2-6-12-10-14-8-4-3-7-13(14)9-11(12)5-1;1-5(2,3(6)7)4(8)9/h1-10H;1-2H3,(H,6,7)(H,8,9). The average Bonchev–Trinajstić information content (AvgIpc) is 2.53. The summed E-state index contributed by atoms with van der Waals surface area (Å²) in [5.41, 5.74) is -1.67. The summed E-state index contributed by atoms with van der Waals surface area (Å²) in [5, 5.41) is 21.7. The van der Waals surface area contributed by atoms with Crippen molar-refractivity contribution in [2.45, 2.75) is 13.8 Å². The molecule has 0 aliphatic carbocycles. The molecule has 0 aromatic heterocycles. The Hall–Kier alpha value is -2.88. The van der Waals surface area contributed by atoms with Gasteiger partial charge in [0.05, 0.1) is 0 Å². The van der Waals surface area contributed by atoms with Crippen LogP contribution in [0.5, 0.6) is 0 Å². The molecule has 118 valence electrons. The van der Waals surface area contributed by atoms with Gasteiger partial charge in [0.1, 0.15) is 0 Å². The van der Waals surface area contributed by atoms with Gasteiger partial charge >= 0.3 is 11.9 Å². The van der Waals surface area contributed by atoms with E-state index in [0.29, 0.717) is 0 Å². The molecule has 0 saturated heterocycles. The van der Waals surface area contributed by atoms with E-state index in [1.54, 1.807) is 0 Å². The van der Waals surface area contributed by atoms with Crippen LogP contribution in [-0.2, 0) is 9.59 Å². The van der Waals surface area contributed by atoms with Crippen LogP contribution in [0.15, 0.2) is 60.7 Å². The van der Waals surface area contributed by atoms with E-state index in [1.165, 1.54) is 21.5 Å². The fraction of sp³-hybridized carbons (Fsp3) is 0.158. The Balaban J connectivity index is 0.000000188. The maximum Gasteiger partial charge on any atom is 0.320 e. The Morgan fingerprint density at radius 2 is 0.957 bits per heavy atom. The summed E-state index contributed by atoms with van der Waals surface area (Å²) in [6.45, 7) is 2.27. The molecule has 0 spiro atoms. The van der Waals surface area contributed by atoms with Crippen molar-refractivity contribution in [3.8, 4) is 0 Å². The molecule has 4 heteroatoms. The number of aliphatic carboxylic acids is 2. The quantitative estimate of drug-likeness (QED) is 0.550. The fourth-order valence-electron chi connectivity index (χ4n) is 1.97. The first-order valence-corrected chi connectivity index (χ1v) is 7.16. The minimum Gasteiger partial charge on any atom is -0.480 e. The largest absolute Gasteiger partial charge is 0.480 e. The van der Waals surface area contributed by atoms with Gasteiger partial charge < -0.3 is 10.2 Å². The van der Waals surface area contributed by atoms with Crippen molar-refractivity contribution in [3.05, 3.63) is 60.7 Å². The Morgan fingerprint density at radius 3 is 1.13 bits per heavy atom. The second kappa shape index (κ2) is 6.48. The third-order valence-corrected chi connectivity index (χ3v) is 3.68. The number of rotatable bonds is 2. The Kier molecular flexibility index (Phi) is 4.65. The summed E-state index contributed by atoms with van der Waals surface area (Å²) >= 11 is 0. The van der Waals surface area contributed by atoms with Crippen LogP contribution in [0.3, 0.4) is 0 Å². The maximum atomic E-state index is 10.1. The SMILES string of the molecule is CC(C)(C(=O)O)C(=O)O.c1ccc2cc3ccccc3cc2c1. The number of benzene rings is 3. The maximum absolute atomic E-state index is 10.1. The minimum absolute atomic E-state index is 1.14. The summed E-state index contributed by atoms with van der Waals surface area (Å²) in [6.07, 6.45) is 0. The molecule has 0 bridgehead atoms. The van der Waals surface area contributed by atoms with Gasteiger partial charge in [-0.15, -0.1) is 0 Å². The van der Waals surface area contributed by atoms with Crippen LogP contribution in [0.4, 0.5) is 0 Å². The van der Waals surface area contributed by atoms with Crippen LogP contribution < -0.4 is 0 Å². The number of carboxylic acids is 2. The van der Waals surface area contributed by atoms with Gasteiger partial charge in [-0.05, 0) is 47.5 Å². The topological polar surface area (TPSA) is 74.6 Å². The molecule has 0 fully saturated rings. The molecule has 0 heterocycles. The van der Waals surface area contributed by atoms with E-state index in [1.807, 2.05) is 0 Å². The van der Waals surface area contributed by atoms with E-state index < -0.39 is 17.4 Å². The molecule has 0 saturated carbocycles. The van der Waals surface area contributed by atoms with Crippen LogP contribution in [0, 0.1) is 5.41 Å². The second-order valence-corrected chi connectivity index (χ2v) is 5.78. The molecule has 2 N–H and O–H groups in total. The molecule has 3 aromatic rings. The van der Waals surface area contributed by atoms with E-state index in [9.17, 15) is 9.59 Å². The smallest absolute Gasteiger partial charge is 0.320 e. The van der Waals surface area contributed by atoms with Crippen LogP contribution in [0.25, 0.3) is 21.5 Å². The zero-order chi connectivity index (χ0) is 17.0. The van der Waals surface area contributed by atoms with Gasteiger partial charge in [-0.25, -0.2) is 0 Å². The van der Waals surface area contributed by atoms with Crippen LogP contribution >= 0.6 is 0 Å². The summed E-state index contributed by atoms with van der Waals surface area (Å²) in [7, 11) is 0. The number of hydrogen-bond acceptors (Lipinski definition) is 2. The highest BCUT2D eigenvalue weighted by Gasteiger charge is 2.35. The Bertz CT molecular complexity index is 744. The van der Waals surface area contributed by atoms with E-state index in [2.05, 4.69) is 60.7 Å². The van der Waals surface area contributed by atoms with Crippen LogP contribution in [0.1, 0.15) is 13.8 Å². The lowest BCUT2D eigenvalue weighted by atomic mass is 9.95. The molecule has 0 aliphatic rings. The minimum atomic E-state index is -1.67. The molecule has 0 aliphatic heterocycles. The lowest BCUT2D eigenvalue weighted by Gasteiger charge is -2.10. The molecule has 0 amide bonds. The van der Waals surface area contributed by atoms with Gasteiger partial charge in [-0.3, -0.25) is 9.59 Å². The van der Waals surface area contributed by atoms with Crippen molar-refractivity contribution >= 4 is 33.5 Å². The van der Waals surface area contributed by atoms with E-state index in [0.717, 1.165) is 13.8 Å². The van der Waals surface area contributed by atoms with E-state index >= 15 is 0 Å². The molecule has 0 atom stereocenters. The lowest BCUT2D eigenvalue weighted by Crippen LogP contribution is -2.32. The van der Waals surface area contributed by atoms with Gasteiger partial charge in [0.2, 0.25) is 0 Å². The van der Waals surface area contributed by atoms with Gasteiger partial charge in [0.25, 0.3) is 0 Å². The van der Waals surface area contributed by atoms with Crippen LogP contribution in [0.2, 0.25) is 0 Å². The summed E-state index contributed by atoms with van der Waals surface area (Å²) < 4.78 is 0. The fourth-order valence-corrected chi connectivity index (χ4v) is 1.97. The molecule has 0 unspecified atom stereocenters. The molecule has 23 heavy (non-hydrogen) atoms. The van der Waals surface area contributed by atoms with E-state index in [4.69, 9.17) is 10.2 Å². The molecule has 0 radical (unpaired) electrons.